The molecule has 0 amide bonds. The number of halogens is 2. The molecule has 4 aliphatic carbocycles. The molecule has 3 heteroatoms. The molecule has 0 nitrogen and oxygen atoms in total. The fourth-order valence-corrected chi connectivity index (χ4v) is 10.8. The molecule has 0 radical (unpaired) electrons. The minimum Gasteiger partial charge on any atom is -1.00 e. The largest absolute Gasteiger partial charge is 1.00 e. The quantitative estimate of drug-likeness (QED) is 0.543. The summed E-state index contributed by atoms with van der Waals surface area (Å²) in [5.41, 5.74) is 0. The van der Waals surface area contributed by atoms with Crippen molar-refractivity contribution >= 4 is 0 Å². The smallest absolute Gasteiger partial charge is 1.00 e. The van der Waals surface area contributed by atoms with Gasteiger partial charge in [0.1, 0.15) is 0 Å². The molecule has 0 spiro atoms. The van der Waals surface area contributed by atoms with Crippen LogP contribution >= 0.6 is 0 Å². The van der Waals surface area contributed by atoms with Crippen LogP contribution in [0.15, 0.2) is 48.6 Å². The predicted molar refractivity (Wildman–Crippen MR) is 83.5 cm³/mol. The molecule has 23 heavy (non-hydrogen) atoms. The zero-order chi connectivity index (χ0) is 13.9. The van der Waals surface area contributed by atoms with Gasteiger partial charge in [-0.05, 0) is 0 Å². The van der Waals surface area contributed by atoms with Crippen molar-refractivity contribution in [2.75, 3.05) is 0 Å². The maximum Gasteiger partial charge on any atom is -1.00 e. The molecule has 2 saturated carbocycles. The third kappa shape index (κ3) is 2.84. The first-order chi connectivity index (χ1) is 10.4. The molecular weight excluding hydrogens is 402 g/mol. The number of hydrogen-bond acceptors (Lipinski definition) is 0. The number of hydrogen-bond donors (Lipinski definition) is 0. The molecule has 1 heterocycles. The van der Waals surface area contributed by atoms with Crippen molar-refractivity contribution in [3.63, 3.8) is 0 Å². The van der Waals surface area contributed by atoms with Gasteiger partial charge in [0.25, 0.3) is 0 Å². The molecule has 1 aliphatic heterocycles. The van der Waals surface area contributed by atoms with Gasteiger partial charge in [0.15, 0.2) is 0 Å². The molecule has 5 aliphatic rings. The van der Waals surface area contributed by atoms with Gasteiger partial charge in [0, 0.05) is 0 Å². The Morgan fingerprint density at radius 2 is 1.09 bits per heavy atom. The predicted octanol–water partition coefficient (Wildman–Crippen LogP) is -0.796. The number of allylic oxidation sites excluding steroid dienone is 8. The molecule has 0 aromatic carbocycles. The van der Waals surface area contributed by atoms with E-state index in [-0.39, 0.29) is 48.0 Å². The monoisotopic (exact) mass is 424 g/mol. The van der Waals surface area contributed by atoms with Crippen LogP contribution in [0.1, 0.15) is 25.7 Å². The van der Waals surface area contributed by atoms with Gasteiger partial charge < -0.3 is 24.8 Å². The van der Waals surface area contributed by atoms with Crippen LogP contribution < -0.4 is 24.8 Å². The van der Waals surface area contributed by atoms with E-state index in [0.717, 1.165) is 38.6 Å². The summed E-state index contributed by atoms with van der Waals surface area (Å²) in [6, 6.07) is 0. The van der Waals surface area contributed by atoms with Crippen LogP contribution in [0.3, 0.4) is 0 Å². The summed E-state index contributed by atoms with van der Waals surface area (Å²) in [6.07, 6.45) is 25.4. The second kappa shape index (κ2) is 6.97. The Morgan fingerprint density at radius 1 is 0.652 bits per heavy atom. The maximum atomic E-state index is 2.57. The molecule has 0 bridgehead atoms. The molecule has 5 rings (SSSR count). The van der Waals surface area contributed by atoms with E-state index in [0.29, 0.717) is 0 Å². The second-order valence-corrected chi connectivity index (χ2v) is 11.8. The first kappa shape index (κ1) is 18.2. The van der Waals surface area contributed by atoms with Crippen LogP contribution in [0.2, 0.25) is 7.25 Å². The van der Waals surface area contributed by atoms with Crippen LogP contribution in [0.25, 0.3) is 0 Å². The third-order valence-electron chi connectivity index (χ3n) is 7.05. The molecule has 6 unspecified atom stereocenters. The summed E-state index contributed by atoms with van der Waals surface area (Å²) < 4.78 is 2.57. The van der Waals surface area contributed by atoms with Crippen LogP contribution in [0, 0.1) is 35.5 Å². The maximum absolute atomic E-state index is 2.57. The van der Waals surface area contributed by atoms with E-state index in [2.05, 4.69) is 48.6 Å². The van der Waals surface area contributed by atoms with Crippen molar-refractivity contribution in [2.45, 2.75) is 32.9 Å². The normalized spacial score (nSPS) is 47.7. The van der Waals surface area contributed by atoms with Gasteiger partial charge in [0.05, 0.1) is 0 Å². The van der Waals surface area contributed by atoms with Crippen molar-refractivity contribution in [2.24, 2.45) is 35.5 Å². The van der Waals surface area contributed by atoms with Gasteiger partial charge in [-0.2, -0.15) is 0 Å². The average molecular weight is 427 g/mol. The topological polar surface area (TPSA) is 0 Å². The van der Waals surface area contributed by atoms with Gasteiger partial charge in [-0.15, -0.1) is 0 Å². The van der Waals surface area contributed by atoms with Crippen LogP contribution in [-0.2, 0) is 23.2 Å². The molecule has 3 fully saturated rings. The van der Waals surface area contributed by atoms with Crippen molar-refractivity contribution in [3.8, 4) is 0 Å². The Kier molecular flexibility index (Phi) is 5.52. The average Bonchev–Trinajstić information content (AvgIpc) is 3.03. The standard InChI is InChI=1S/C20H24.2ClH.Zr/c1-14(17-12-10-15-6-2-4-8-19(15)17)18-13-11-16-7-3-5-9-20(16)18;;;/h2-9,15-20H,1,10-13H2;2*1H;/q;;;+2/p-2. The van der Waals surface area contributed by atoms with E-state index in [1.165, 1.54) is 25.7 Å². The van der Waals surface area contributed by atoms with E-state index >= 15 is 0 Å². The van der Waals surface area contributed by atoms with Crippen LogP contribution in [0.4, 0.5) is 0 Å². The Balaban J connectivity index is 0.000000781. The Labute approximate surface area is 164 Å². The zero-order valence-corrected chi connectivity index (χ0v) is 17.3. The third-order valence-corrected chi connectivity index (χ3v) is 11.8. The van der Waals surface area contributed by atoms with Crippen molar-refractivity contribution in [1.82, 2.24) is 0 Å². The first-order valence-electron chi connectivity index (χ1n) is 8.83. The van der Waals surface area contributed by atoms with E-state index in [9.17, 15) is 0 Å². The van der Waals surface area contributed by atoms with E-state index in [1.54, 1.807) is 4.13 Å². The van der Waals surface area contributed by atoms with Gasteiger partial charge in [0.2, 0.25) is 0 Å². The van der Waals surface area contributed by atoms with Gasteiger partial charge in [-0.3, -0.25) is 0 Å². The Bertz CT molecular complexity index is 512. The molecule has 0 aromatic rings. The fraction of sp³-hybridized carbons (Fsp3) is 0.600. The molecule has 6 atom stereocenters. The van der Waals surface area contributed by atoms with Crippen molar-refractivity contribution in [1.29, 1.82) is 0 Å². The molecule has 1 saturated heterocycles. The van der Waals surface area contributed by atoms with Crippen molar-refractivity contribution in [3.05, 3.63) is 48.6 Å². The Hall–Kier alpha value is 0.423. The first-order valence-corrected chi connectivity index (χ1v) is 11.8. The summed E-state index contributed by atoms with van der Waals surface area (Å²) in [7, 11) is 0. The van der Waals surface area contributed by atoms with E-state index in [4.69, 9.17) is 0 Å². The number of rotatable bonds is 2. The molecule has 0 N–H and O–H groups in total. The Morgan fingerprint density at radius 3 is 1.52 bits per heavy atom. The van der Waals surface area contributed by atoms with E-state index in [1.807, 2.05) is 0 Å². The van der Waals surface area contributed by atoms with Gasteiger partial charge >= 0.3 is 140 Å². The second-order valence-electron chi connectivity index (χ2n) is 7.78. The molecular formula is C20H24Cl2Zr. The minimum atomic E-state index is -0.0899. The summed E-state index contributed by atoms with van der Waals surface area (Å²) in [5, 5.41) is 0. The summed E-state index contributed by atoms with van der Waals surface area (Å²) in [4.78, 5) is 0. The summed E-state index contributed by atoms with van der Waals surface area (Å²) in [6.45, 7) is 0. The molecule has 122 valence electrons. The minimum absolute atomic E-state index is 0. The SMILES string of the molecule is C1=CC2CCC([C]3(C4CCC5C=CC=CC54)[CH2][Zr+2]3)C2C=C1.[Cl-].[Cl-]. The fourth-order valence-electron chi connectivity index (χ4n) is 6.02. The van der Waals surface area contributed by atoms with Gasteiger partial charge in [-0.25, -0.2) is 0 Å². The summed E-state index contributed by atoms with van der Waals surface area (Å²) in [5.74, 6) is 5.68. The molecule has 0 aromatic heterocycles. The van der Waals surface area contributed by atoms with Gasteiger partial charge in [-0.1, -0.05) is 0 Å². The zero-order valence-electron chi connectivity index (χ0n) is 13.4. The van der Waals surface area contributed by atoms with Crippen LogP contribution in [-0.4, -0.2) is 0 Å². The van der Waals surface area contributed by atoms with Crippen molar-refractivity contribution < 1.29 is 48.0 Å². The number of fused-ring (bicyclic) bond motifs is 2. The van der Waals surface area contributed by atoms with Crippen LogP contribution in [0.5, 0.6) is 0 Å². The van der Waals surface area contributed by atoms with E-state index < -0.39 is 0 Å². The summed E-state index contributed by atoms with van der Waals surface area (Å²) >= 11 is -0.0899.